The minimum atomic E-state index is -0.359. The van der Waals surface area contributed by atoms with Crippen LogP contribution in [0.4, 0.5) is 0 Å². The molecule has 2 aromatic rings. The molecule has 0 fully saturated rings. The van der Waals surface area contributed by atoms with Gasteiger partial charge in [0.1, 0.15) is 6.61 Å². The minimum Gasteiger partial charge on any atom is -0.462 e. The van der Waals surface area contributed by atoms with Crippen molar-refractivity contribution in [3.05, 3.63) is 72.8 Å². The Balaban J connectivity index is 1.78. The second-order valence-electron chi connectivity index (χ2n) is 4.49. The zero-order chi connectivity index (χ0) is 14.9. The maximum absolute atomic E-state index is 10.9. The van der Waals surface area contributed by atoms with Gasteiger partial charge in [-0.25, -0.2) is 4.79 Å². The molecule has 2 rings (SSSR count). The lowest BCUT2D eigenvalue weighted by atomic mass is 10.0. The van der Waals surface area contributed by atoms with Gasteiger partial charge in [0.25, 0.3) is 0 Å². The molecular formula is C18H18O2S. The van der Waals surface area contributed by atoms with Crippen molar-refractivity contribution in [3.8, 4) is 11.1 Å². The molecule has 108 valence electrons. The number of hydrogen-bond acceptors (Lipinski definition) is 3. The molecule has 0 spiro atoms. The first-order valence-electron chi connectivity index (χ1n) is 6.81. The predicted octanol–water partition coefficient (Wildman–Crippen LogP) is 4.32. The summed E-state index contributed by atoms with van der Waals surface area (Å²) in [7, 11) is 0. The summed E-state index contributed by atoms with van der Waals surface area (Å²) in [5, 5.41) is 0. The Kier molecular flexibility index (Phi) is 6.10. The molecule has 0 aliphatic heterocycles. The van der Waals surface area contributed by atoms with E-state index in [-0.39, 0.29) is 5.97 Å². The van der Waals surface area contributed by atoms with E-state index in [1.165, 1.54) is 22.8 Å². The first-order valence-corrected chi connectivity index (χ1v) is 7.96. The molecule has 0 amide bonds. The van der Waals surface area contributed by atoms with Crippen LogP contribution >= 0.6 is 11.8 Å². The van der Waals surface area contributed by atoms with Gasteiger partial charge >= 0.3 is 5.97 Å². The van der Waals surface area contributed by atoms with Crippen molar-refractivity contribution in [1.29, 1.82) is 0 Å². The number of carbonyl (C=O) groups excluding carboxylic acids is 1. The molecule has 0 aliphatic carbocycles. The van der Waals surface area contributed by atoms with Crippen molar-refractivity contribution in [2.45, 2.75) is 5.75 Å². The third-order valence-corrected chi connectivity index (χ3v) is 3.96. The molecule has 0 atom stereocenters. The Morgan fingerprint density at radius 1 is 1.05 bits per heavy atom. The van der Waals surface area contributed by atoms with Crippen LogP contribution in [0.1, 0.15) is 5.56 Å². The maximum Gasteiger partial charge on any atom is 0.330 e. The molecule has 21 heavy (non-hydrogen) atoms. The third kappa shape index (κ3) is 5.12. The zero-order valence-corrected chi connectivity index (χ0v) is 12.6. The van der Waals surface area contributed by atoms with Crippen molar-refractivity contribution < 1.29 is 9.53 Å². The fourth-order valence-corrected chi connectivity index (χ4v) is 2.65. The van der Waals surface area contributed by atoms with Crippen LogP contribution in [0.2, 0.25) is 0 Å². The van der Waals surface area contributed by atoms with Gasteiger partial charge in [0, 0.05) is 17.6 Å². The van der Waals surface area contributed by atoms with Crippen molar-refractivity contribution in [3.63, 3.8) is 0 Å². The molecule has 0 bridgehead atoms. The first kappa shape index (κ1) is 15.4. The monoisotopic (exact) mass is 298 g/mol. The summed E-state index contributed by atoms with van der Waals surface area (Å²) >= 11 is 1.75. The normalized spacial score (nSPS) is 10.1. The maximum atomic E-state index is 10.9. The summed E-state index contributed by atoms with van der Waals surface area (Å²) in [5.41, 5.74) is 3.73. The summed E-state index contributed by atoms with van der Waals surface area (Å²) in [6.45, 7) is 3.79. The van der Waals surface area contributed by atoms with E-state index < -0.39 is 0 Å². The van der Waals surface area contributed by atoms with Crippen molar-refractivity contribution in [1.82, 2.24) is 0 Å². The van der Waals surface area contributed by atoms with Crippen molar-refractivity contribution in [2.75, 3.05) is 12.4 Å². The molecule has 3 heteroatoms. The van der Waals surface area contributed by atoms with Crippen LogP contribution in [-0.2, 0) is 15.3 Å². The molecule has 0 N–H and O–H groups in total. The standard InChI is InChI=1S/C18H18O2S/c1-2-18(19)20-12-13-21-14-15-8-10-17(11-9-15)16-6-4-3-5-7-16/h2-11H,1,12-14H2. The van der Waals surface area contributed by atoms with Crippen LogP contribution in [-0.4, -0.2) is 18.3 Å². The molecule has 2 aromatic carbocycles. The topological polar surface area (TPSA) is 26.3 Å². The van der Waals surface area contributed by atoms with Crippen LogP contribution in [0, 0.1) is 0 Å². The summed E-state index contributed by atoms with van der Waals surface area (Å²) < 4.78 is 4.93. The number of ether oxygens (including phenoxy) is 1. The molecule has 0 saturated carbocycles. The fourth-order valence-electron chi connectivity index (χ4n) is 1.87. The van der Waals surface area contributed by atoms with E-state index >= 15 is 0 Å². The van der Waals surface area contributed by atoms with E-state index in [0.717, 1.165) is 11.5 Å². The lowest BCUT2D eigenvalue weighted by Crippen LogP contribution is -2.03. The van der Waals surface area contributed by atoms with E-state index in [0.29, 0.717) is 6.61 Å². The fraction of sp³-hybridized carbons (Fsp3) is 0.167. The summed E-state index contributed by atoms with van der Waals surface area (Å²) in [4.78, 5) is 10.9. The van der Waals surface area contributed by atoms with Crippen LogP contribution in [0.15, 0.2) is 67.3 Å². The van der Waals surface area contributed by atoms with Gasteiger partial charge in [-0.1, -0.05) is 61.2 Å². The Morgan fingerprint density at radius 2 is 1.71 bits per heavy atom. The largest absolute Gasteiger partial charge is 0.462 e. The zero-order valence-electron chi connectivity index (χ0n) is 11.8. The molecule has 0 radical (unpaired) electrons. The minimum absolute atomic E-state index is 0.359. The molecule has 0 saturated heterocycles. The van der Waals surface area contributed by atoms with Gasteiger partial charge in [-0.15, -0.1) is 0 Å². The lowest BCUT2D eigenvalue weighted by molar-refractivity contribution is -0.137. The van der Waals surface area contributed by atoms with Crippen LogP contribution < -0.4 is 0 Å². The van der Waals surface area contributed by atoms with Gasteiger partial charge in [-0.3, -0.25) is 0 Å². The number of esters is 1. The Hall–Kier alpha value is -2.00. The van der Waals surface area contributed by atoms with E-state index in [4.69, 9.17) is 4.74 Å². The second kappa shape index (κ2) is 8.32. The number of thioether (sulfide) groups is 1. The van der Waals surface area contributed by atoms with E-state index in [1.807, 2.05) is 18.2 Å². The number of carbonyl (C=O) groups is 1. The SMILES string of the molecule is C=CC(=O)OCCSCc1ccc(-c2ccccc2)cc1. The van der Waals surface area contributed by atoms with Gasteiger partial charge in [-0.05, 0) is 16.7 Å². The average Bonchev–Trinajstić information content (AvgIpc) is 2.55. The molecule has 0 unspecified atom stereocenters. The number of benzene rings is 2. The number of hydrogen-bond donors (Lipinski definition) is 0. The summed E-state index contributed by atoms with van der Waals surface area (Å²) in [6, 6.07) is 18.9. The predicted molar refractivity (Wildman–Crippen MR) is 89.2 cm³/mol. The highest BCUT2D eigenvalue weighted by molar-refractivity contribution is 7.98. The van der Waals surface area contributed by atoms with Gasteiger partial charge in [0.2, 0.25) is 0 Å². The third-order valence-electron chi connectivity index (χ3n) is 2.97. The molecule has 0 heterocycles. The van der Waals surface area contributed by atoms with Gasteiger partial charge in [0.15, 0.2) is 0 Å². The Bertz CT molecular complexity index is 576. The van der Waals surface area contributed by atoms with Crippen LogP contribution in [0.5, 0.6) is 0 Å². The highest BCUT2D eigenvalue weighted by atomic mass is 32.2. The molecular weight excluding hydrogens is 280 g/mol. The molecule has 2 nitrogen and oxygen atoms in total. The Labute approximate surface area is 129 Å². The highest BCUT2D eigenvalue weighted by Crippen LogP contribution is 2.21. The average molecular weight is 298 g/mol. The second-order valence-corrected chi connectivity index (χ2v) is 5.59. The van der Waals surface area contributed by atoms with Gasteiger partial charge in [0.05, 0.1) is 0 Å². The first-order chi connectivity index (χ1) is 10.3. The summed E-state index contributed by atoms with van der Waals surface area (Å²) in [5.74, 6) is 1.35. The molecule has 0 aliphatic rings. The van der Waals surface area contributed by atoms with E-state index in [1.54, 1.807) is 11.8 Å². The van der Waals surface area contributed by atoms with Crippen molar-refractivity contribution >= 4 is 17.7 Å². The lowest BCUT2D eigenvalue weighted by Gasteiger charge is -2.05. The molecule has 0 aromatic heterocycles. The highest BCUT2D eigenvalue weighted by Gasteiger charge is 1.99. The van der Waals surface area contributed by atoms with Crippen LogP contribution in [0.25, 0.3) is 11.1 Å². The summed E-state index contributed by atoms with van der Waals surface area (Å²) in [6.07, 6.45) is 1.19. The van der Waals surface area contributed by atoms with Crippen molar-refractivity contribution in [2.24, 2.45) is 0 Å². The van der Waals surface area contributed by atoms with E-state index in [2.05, 4.69) is 43.0 Å². The quantitative estimate of drug-likeness (QED) is 0.433. The van der Waals surface area contributed by atoms with Gasteiger partial charge < -0.3 is 4.74 Å². The Morgan fingerprint density at radius 3 is 2.38 bits per heavy atom. The van der Waals surface area contributed by atoms with Crippen LogP contribution in [0.3, 0.4) is 0 Å². The smallest absolute Gasteiger partial charge is 0.330 e. The number of rotatable bonds is 7. The van der Waals surface area contributed by atoms with E-state index in [9.17, 15) is 4.79 Å². The van der Waals surface area contributed by atoms with Gasteiger partial charge in [-0.2, -0.15) is 11.8 Å².